The fourth-order valence-corrected chi connectivity index (χ4v) is 2.22. The maximum atomic E-state index is 11.6. The predicted octanol–water partition coefficient (Wildman–Crippen LogP) is 2.43. The standard InChI is InChI=1S/C15H18N4O4/c1-4-23-15(20)12-7-5-11(6-8-12)9-16-14-13(19(21)22)10(2)17-18(14)3/h5-8,16H,4,9H2,1-3H3. The molecule has 8 heteroatoms. The second-order valence-corrected chi connectivity index (χ2v) is 4.93. The van der Waals surface area contributed by atoms with Crippen LogP contribution in [0.5, 0.6) is 0 Å². The number of aryl methyl sites for hydroxylation is 2. The van der Waals surface area contributed by atoms with Crippen LogP contribution in [0, 0.1) is 17.0 Å². The summed E-state index contributed by atoms with van der Waals surface area (Å²) in [6, 6.07) is 6.87. The van der Waals surface area contributed by atoms with Gasteiger partial charge in [-0.25, -0.2) is 9.48 Å². The normalized spacial score (nSPS) is 10.4. The number of carbonyl (C=O) groups is 1. The van der Waals surface area contributed by atoms with Crippen molar-refractivity contribution in [2.24, 2.45) is 7.05 Å². The number of anilines is 1. The molecule has 0 atom stereocenters. The van der Waals surface area contributed by atoms with E-state index in [1.165, 1.54) is 4.68 Å². The molecular weight excluding hydrogens is 300 g/mol. The van der Waals surface area contributed by atoms with Gasteiger partial charge in [0.2, 0.25) is 5.82 Å². The Labute approximate surface area is 133 Å². The second-order valence-electron chi connectivity index (χ2n) is 4.93. The Hall–Kier alpha value is -2.90. The third-order valence-corrected chi connectivity index (χ3v) is 3.30. The molecule has 0 aliphatic rings. The van der Waals surface area contributed by atoms with Crippen LogP contribution in [0.25, 0.3) is 0 Å². The van der Waals surface area contributed by atoms with E-state index in [0.29, 0.717) is 30.2 Å². The zero-order valence-electron chi connectivity index (χ0n) is 13.2. The van der Waals surface area contributed by atoms with Crippen LogP contribution in [0.1, 0.15) is 28.5 Å². The van der Waals surface area contributed by atoms with Crippen molar-refractivity contribution >= 4 is 17.5 Å². The molecule has 2 aromatic rings. The lowest BCUT2D eigenvalue weighted by Crippen LogP contribution is -2.07. The molecule has 8 nitrogen and oxygen atoms in total. The van der Waals surface area contributed by atoms with Crippen LogP contribution in [0.4, 0.5) is 11.5 Å². The molecular formula is C15H18N4O4. The van der Waals surface area contributed by atoms with Gasteiger partial charge in [-0.05, 0) is 31.5 Å². The van der Waals surface area contributed by atoms with Gasteiger partial charge in [0, 0.05) is 13.6 Å². The summed E-state index contributed by atoms with van der Waals surface area (Å²) in [4.78, 5) is 22.2. The van der Waals surface area contributed by atoms with Crippen molar-refractivity contribution in [3.8, 4) is 0 Å². The molecule has 0 saturated heterocycles. The number of benzene rings is 1. The zero-order chi connectivity index (χ0) is 17.0. The first kappa shape index (κ1) is 16.5. The lowest BCUT2D eigenvalue weighted by molar-refractivity contribution is -0.384. The lowest BCUT2D eigenvalue weighted by Gasteiger charge is -2.07. The minimum atomic E-state index is -0.450. The number of esters is 1. The number of rotatable bonds is 6. The van der Waals surface area contributed by atoms with E-state index in [2.05, 4.69) is 10.4 Å². The fraction of sp³-hybridized carbons (Fsp3) is 0.333. The number of nitrogens with one attached hydrogen (secondary N) is 1. The summed E-state index contributed by atoms with van der Waals surface area (Å²) in [7, 11) is 1.65. The average molecular weight is 318 g/mol. The zero-order valence-corrected chi connectivity index (χ0v) is 13.2. The summed E-state index contributed by atoms with van der Waals surface area (Å²) in [5.74, 6) is -0.0214. The molecule has 0 aliphatic heterocycles. The van der Waals surface area contributed by atoms with Crippen molar-refractivity contribution in [2.75, 3.05) is 11.9 Å². The van der Waals surface area contributed by atoms with Crippen LogP contribution in [-0.4, -0.2) is 27.3 Å². The Morgan fingerprint density at radius 1 is 1.39 bits per heavy atom. The first-order chi connectivity index (χ1) is 10.9. The molecule has 1 heterocycles. The summed E-state index contributed by atoms with van der Waals surface area (Å²) >= 11 is 0. The van der Waals surface area contributed by atoms with Crippen LogP contribution >= 0.6 is 0 Å². The van der Waals surface area contributed by atoms with E-state index in [4.69, 9.17) is 4.74 Å². The van der Waals surface area contributed by atoms with E-state index in [1.807, 2.05) is 0 Å². The average Bonchev–Trinajstić information content (AvgIpc) is 2.79. The monoisotopic (exact) mass is 318 g/mol. The van der Waals surface area contributed by atoms with Gasteiger partial charge < -0.3 is 10.1 Å². The van der Waals surface area contributed by atoms with Gasteiger partial charge in [0.25, 0.3) is 0 Å². The second kappa shape index (κ2) is 6.91. The minimum absolute atomic E-state index is 0.0318. The summed E-state index contributed by atoms with van der Waals surface area (Å²) in [5, 5.41) is 18.2. The predicted molar refractivity (Wildman–Crippen MR) is 84.3 cm³/mol. The maximum absolute atomic E-state index is 11.6. The molecule has 1 aromatic heterocycles. The number of hydrogen-bond donors (Lipinski definition) is 1. The number of ether oxygens (including phenoxy) is 1. The number of aromatic nitrogens is 2. The van der Waals surface area contributed by atoms with Gasteiger partial charge in [0.05, 0.1) is 17.1 Å². The van der Waals surface area contributed by atoms with Gasteiger partial charge in [-0.2, -0.15) is 5.10 Å². The quantitative estimate of drug-likeness (QED) is 0.499. The number of nitrogens with zero attached hydrogens (tertiary/aromatic N) is 3. The smallest absolute Gasteiger partial charge is 0.338 e. The van der Waals surface area contributed by atoms with Gasteiger partial charge in [-0.15, -0.1) is 0 Å². The molecule has 0 fully saturated rings. The van der Waals surface area contributed by atoms with Crippen LogP contribution in [0.2, 0.25) is 0 Å². The summed E-state index contributed by atoms with van der Waals surface area (Å²) in [6.07, 6.45) is 0. The number of hydrogen-bond acceptors (Lipinski definition) is 6. The third kappa shape index (κ3) is 3.65. The topological polar surface area (TPSA) is 99.3 Å². The molecule has 0 saturated carbocycles. The Morgan fingerprint density at radius 3 is 2.61 bits per heavy atom. The van der Waals surface area contributed by atoms with E-state index in [1.54, 1.807) is 45.2 Å². The lowest BCUT2D eigenvalue weighted by atomic mass is 10.1. The Balaban J connectivity index is 2.10. The highest BCUT2D eigenvalue weighted by Crippen LogP contribution is 2.27. The molecule has 0 spiro atoms. The van der Waals surface area contributed by atoms with Crippen LogP contribution in [0.15, 0.2) is 24.3 Å². The molecule has 122 valence electrons. The van der Waals surface area contributed by atoms with Crippen molar-refractivity contribution in [2.45, 2.75) is 20.4 Å². The summed E-state index contributed by atoms with van der Waals surface area (Å²) in [5.41, 5.74) is 1.68. The van der Waals surface area contributed by atoms with Crippen LogP contribution in [-0.2, 0) is 18.3 Å². The van der Waals surface area contributed by atoms with Gasteiger partial charge in [0.1, 0.15) is 5.69 Å². The maximum Gasteiger partial charge on any atom is 0.338 e. The van der Waals surface area contributed by atoms with E-state index in [9.17, 15) is 14.9 Å². The van der Waals surface area contributed by atoms with Gasteiger partial charge in [-0.1, -0.05) is 12.1 Å². The van der Waals surface area contributed by atoms with E-state index in [-0.39, 0.29) is 11.7 Å². The Morgan fingerprint density at radius 2 is 2.04 bits per heavy atom. The Bertz CT molecular complexity index is 722. The van der Waals surface area contributed by atoms with E-state index < -0.39 is 4.92 Å². The molecule has 0 aliphatic carbocycles. The molecule has 2 rings (SSSR count). The summed E-state index contributed by atoms with van der Waals surface area (Å²) < 4.78 is 6.36. The van der Waals surface area contributed by atoms with Crippen molar-refractivity contribution < 1.29 is 14.5 Å². The van der Waals surface area contributed by atoms with Gasteiger partial charge >= 0.3 is 11.7 Å². The van der Waals surface area contributed by atoms with E-state index >= 15 is 0 Å². The Kier molecular flexibility index (Phi) is 4.95. The van der Waals surface area contributed by atoms with Crippen LogP contribution in [0.3, 0.4) is 0 Å². The minimum Gasteiger partial charge on any atom is -0.462 e. The molecule has 23 heavy (non-hydrogen) atoms. The first-order valence-electron chi connectivity index (χ1n) is 7.12. The largest absolute Gasteiger partial charge is 0.462 e. The molecule has 0 radical (unpaired) electrons. The van der Waals surface area contributed by atoms with Gasteiger partial charge in [-0.3, -0.25) is 10.1 Å². The van der Waals surface area contributed by atoms with Crippen LogP contribution < -0.4 is 5.32 Å². The third-order valence-electron chi connectivity index (χ3n) is 3.30. The number of nitro groups is 1. The molecule has 1 aromatic carbocycles. The van der Waals surface area contributed by atoms with Crippen molar-refractivity contribution in [3.63, 3.8) is 0 Å². The van der Waals surface area contributed by atoms with Crippen molar-refractivity contribution in [1.82, 2.24) is 9.78 Å². The highest BCUT2D eigenvalue weighted by Gasteiger charge is 2.23. The highest BCUT2D eigenvalue weighted by atomic mass is 16.6. The van der Waals surface area contributed by atoms with Crippen molar-refractivity contribution in [1.29, 1.82) is 0 Å². The molecule has 0 unspecified atom stereocenters. The first-order valence-corrected chi connectivity index (χ1v) is 7.12. The van der Waals surface area contributed by atoms with Crippen molar-refractivity contribution in [3.05, 3.63) is 51.2 Å². The SMILES string of the molecule is CCOC(=O)c1ccc(CNc2c([N+](=O)[O-])c(C)nn2C)cc1. The molecule has 1 N–H and O–H groups in total. The molecule has 0 bridgehead atoms. The highest BCUT2D eigenvalue weighted by molar-refractivity contribution is 5.89. The molecule has 0 amide bonds. The fourth-order valence-electron chi connectivity index (χ4n) is 2.22. The van der Waals surface area contributed by atoms with E-state index in [0.717, 1.165) is 5.56 Å². The van der Waals surface area contributed by atoms with Gasteiger partial charge in [0.15, 0.2) is 0 Å². The number of carbonyl (C=O) groups excluding carboxylic acids is 1. The summed E-state index contributed by atoms with van der Waals surface area (Å²) in [6.45, 7) is 4.05.